The molecule has 2 rings (SSSR count). The number of carbonyl (C=O) groups is 1. The van der Waals surface area contributed by atoms with Crippen LogP contribution in [0.5, 0.6) is 0 Å². The van der Waals surface area contributed by atoms with Crippen LogP contribution in [0.3, 0.4) is 0 Å². The van der Waals surface area contributed by atoms with E-state index >= 15 is 0 Å². The molecule has 1 aromatic heterocycles. The first-order valence-electron chi connectivity index (χ1n) is 7.46. The number of aryl methyl sites for hydroxylation is 1. The summed E-state index contributed by atoms with van der Waals surface area (Å²) in [5.74, 6) is -0.423. The molecule has 1 aliphatic heterocycles. The molecule has 0 aromatic carbocycles. The molecule has 1 atom stereocenters. The minimum Gasteiger partial charge on any atom is -0.481 e. The molecule has 1 fully saturated rings. The van der Waals surface area contributed by atoms with Crippen LogP contribution in [0, 0.1) is 11.3 Å². The second kappa shape index (κ2) is 6.27. The molecule has 0 amide bonds. The van der Waals surface area contributed by atoms with Crippen LogP contribution in [0.1, 0.15) is 43.4 Å². The molecule has 1 saturated heterocycles. The average Bonchev–Trinajstić information content (AvgIpc) is 2.86. The molecule has 112 valence electrons. The Morgan fingerprint density at radius 1 is 1.45 bits per heavy atom. The van der Waals surface area contributed by atoms with Crippen molar-refractivity contribution in [3.63, 3.8) is 0 Å². The Bertz CT molecular complexity index is 467. The zero-order chi connectivity index (χ0) is 14.8. The van der Waals surface area contributed by atoms with Gasteiger partial charge >= 0.3 is 5.97 Å². The van der Waals surface area contributed by atoms with E-state index in [0.717, 1.165) is 38.9 Å². The Morgan fingerprint density at radius 2 is 2.15 bits per heavy atom. The Labute approximate surface area is 125 Å². The van der Waals surface area contributed by atoms with Gasteiger partial charge in [-0.1, -0.05) is 6.92 Å². The number of nitrogens with zero attached hydrogens (tertiary/aromatic N) is 1. The van der Waals surface area contributed by atoms with E-state index in [4.69, 9.17) is 0 Å². The number of aliphatic carboxylic acids is 1. The van der Waals surface area contributed by atoms with Crippen LogP contribution >= 0.6 is 11.3 Å². The van der Waals surface area contributed by atoms with E-state index in [9.17, 15) is 9.90 Å². The molecule has 4 heteroatoms. The maximum atomic E-state index is 11.4. The topological polar surface area (TPSA) is 40.5 Å². The molecular weight excluding hydrogens is 270 g/mol. The summed E-state index contributed by atoms with van der Waals surface area (Å²) in [6, 6.07) is 4.43. The fraction of sp³-hybridized carbons (Fsp3) is 0.688. The summed E-state index contributed by atoms with van der Waals surface area (Å²) in [5.41, 5.74) is -0.622. The van der Waals surface area contributed by atoms with Gasteiger partial charge < -0.3 is 5.11 Å². The van der Waals surface area contributed by atoms with E-state index in [1.807, 2.05) is 25.2 Å². The lowest BCUT2D eigenvalue weighted by Crippen LogP contribution is -2.44. The molecule has 2 heterocycles. The minimum absolute atomic E-state index is 0.249. The molecule has 1 aliphatic rings. The number of carboxylic acids is 1. The standard InChI is InChI=1S/C16H25NO2S/c1-4-13-7-8-14(20-13)11-17-9-5-6-12(10-17)16(2,3)15(18)19/h7-8,12H,4-6,9-11H2,1-3H3,(H,18,19). The highest BCUT2D eigenvalue weighted by atomic mass is 32.1. The van der Waals surface area contributed by atoms with Gasteiger partial charge in [-0.25, -0.2) is 0 Å². The molecule has 20 heavy (non-hydrogen) atoms. The summed E-state index contributed by atoms with van der Waals surface area (Å²) in [6.45, 7) is 8.87. The van der Waals surface area contributed by atoms with Gasteiger partial charge in [0.1, 0.15) is 0 Å². The third-order valence-corrected chi connectivity index (χ3v) is 5.74. The van der Waals surface area contributed by atoms with E-state index < -0.39 is 11.4 Å². The van der Waals surface area contributed by atoms with Crippen molar-refractivity contribution in [2.45, 2.75) is 46.6 Å². The van der Waals surface area contributed by atoms with Crippen molar-refractivity contribution in [1.82, 2.24) is 4.90 Å². The Hall–Kier alpha value is -0.870. The number of likely N-dealkylation sites (tertiary alicyclic amines) is 1. The molecule has 1 unspecified atom stereocenters. The van der Waals surface area contributed by atoms with Gasteiger partial charge in [0.15, 0.2) is 0 Å². The van der Waals surface area contributed by atoms with Crippen LogP contribution < -0.4 is 0 Å². The van der Waals surface area contributed by atoms with E-state index in [0.29, 0.717) is 0 Å². The number of carboxylic acid groups (broad SMARTS) is 1. The molecule has 0 radical (unpaired) electrons. The van der Waals surface area contributed by atoms with Gasteiger partial charge in [-0.05, 0) is 57.7 Å². The molecule has 1 N–H and O–H groups in total. The van der Waals surface area contributed by atoms with Gasteiger partial charge in [0.2, 0.25) is 0 Å². The van der Waals surface area contributed by atoms with Gasteiger partial charge in [0, 0.05) is 22.8 Å². The number of hydrogen-bond acceptors (Lipinski definition) is 3. The lowest BCUT2D eigenvalue weighted by Gasteiger charge is -2.39. The highest BCUT2D eigenvalue weighted by Gasteiger charge is 2.38. The maximum absolute atomic E-state index is 11.4. The first-order chi connectivity index (χ1) is 9.43. The largest absolute Gasteiger partial charge is 0.481 e. The Balaban J connectivity index is 1.98. The van der Waals surface area contributed by atoms with Crippen LogP contribution in [0.4, 0.5) is 0 Å². The van der Waals surface area contributed by atoms with E-state index in [1.165, 1.54) is 9.75 Å². The van der Waals surface area contributed by atoms with Crippen molar-refractivity contribution in [2.24, 2.45) is 11.3 Å². The number of piperidine rings is 1. The second-order valence-corrected chi connectivity index (χ2v) is 7.58. The quantitative estimate of drug-likeness (QED) is 0.901. The zero-order valence-electron chi connectivity index (χ0n) is 12.7. The van der Waals surface area contributed by atoms with Crippen molar-refractivity contribution in [3.8, 4) is 0 Å². The second-order valence-electron chi connectivity index (χ2n) is 6.32. The summed E-state index contributed by atoms with van der Waals surface area (Å²) in [5, 5.41) is 9.39. The average molecular weight is 295 g/mol. The van der Waals surface area contributed by atoms with Crippen LogP contribution in [0.25, 0.3) is 0 Å². The summed E-state index contributed by atoms with van der Waals surface area (Å²) in [7, 11) is 0. The SMILES string of the molecule is CCc1ccc(CN2CCCC(C(C)(C)C(=O)O)C2)s1. The number of hydrogen-bond donors (Lipinski definition) is 1. The third-order valence-electron chi connectivity index (χ3n) is 4.52. The molecule has 0 saturated carbocycles. The van der Waals surface area contributed by atoms with E-state index in [1.54, 1.807) is 0 Å². The van der Waals surface area contributed by atoms with Crippen molar-refractivity contribution in [2.75, 3.05) is 13.1 Å². The van der Waals surface area contributed by atoms with Crippen LogP contribution in [-0.2, 0) is 17.8 Å². The third kappa shape index (κ3) is 3.41. The molecular formula is C16H25NO2S. The smallest absolute Gasteiger partial charge is 0.309 e. The monoisotopic (exact) mass is 295 g/mol. The first-order valence-corrected chi connectivity index (χ1v) is 8.28. The minimum atomic E-state index is -0.672. The van der Waals surface area contributed by atoms with Crippen LogP contribution in [-0.4, -0.2) is 29.1 Å². The highest BCUT2D eigenvalue weighted by Crippen LogP contribution is 2.35. The van der Waals surface area contributed by atoms with Gasteiger partial charge in [-0.2, -0.15) is 0 Å². The number of thiophene rings is 1. The zero-order valence-corrected chi connectivity index (χ0v) is 13.5. The van der Waals surface area contributed by atoms with Gasteiger partial charge in [-0.3, -0.25) is 9.69 Å². The normalized spacial score (nSPS) is 21.1. The predicted octanol–water partition coefficient (Wildman–Crippen LogP) is 3.63. The lowest BCUT2D eigenvalue weighted by atomic mass is 9.74. The summed E-state index contributed by atoms with van der Waals surface area (Å²) in [4.78, 5) is 16.7. The fourth-order valence-corrected chi connectivity index (χ4v) is 3.88. The highest BCUT2D eigenvalue weighted by molar-refractivity contribution is 7.11. The number of rotatable bonds is 5. The first kappa shape index (κ1) is 15.5. The van der Waals surface area contributed by atoms with Crippen LogP contribution in [0.2, 0.25) is 0 Å². The predicted molar refractivity (Wildman–Crippen MR) is 83.1 cm³/mol. The van der Waals surface area contributed by atoms with E-state index in [-0.39, 0.29) is 5.92 Å². The molecule has 3 nitrogen and oxygen atoms in total. The van der Waals surface area contributed by atoms with Crippen molar-refractivity contribution >= 4 is 17.3 Å². The van der Waals surface area contributed by atoms with Crippen molar-refractivity contribution in [1.29, 1.82) is 0 Å². The van der Waals surface area contributed by atoms with Crippen molar-refractivity contribution < 1.29 is 9.90 Å². The van der Waals surface area contributed by atoms with Gasteiger partial charge in [-0.15, -0.1) is 11.3 Å². The molecule has 0 aliphatic carbocycles. The molecule has 1 aromatic rings. The summed E-state index contributed by atoms with van der Waals surface area (Å²) < 4.78 is 0. The Morgan fingerprint density at radius 3 is 2.75 bits per heavy atom. The van der Waals surface area contributed by atoms with E-state index in [2.05, 4.69) is 24.0 Å². The van der Waals surface area contributed by atoms with Crippen LogP contribution in [0.15, 0.2) is 12.1 Å². The molecule has 0 spiro atoms. The Kier molecular flexibility index (Phi) is 4.86. The molecule has 0 bridgehead atoms. The fourth-order valence-electron chi connectivity index (χ4n) is 2.88. The summed E-state index contributed by atoms with van der Waals surface area (Å²) >= 11 is 1.88. The summed E-state index contributed by atoms with van der Waals surface area (Å²) in [6.07, 6.45) is 3.23. The van der Waals surface area contributed by atoms with Gasteiger partial charge in [0.25, 0.3) is 0 Å². The van der Waals surface area contributed by atoms with Crippen molar-refractivity contribution in [3.05, 3.63) is 21.9 Å². The maximum Gasteiger partial charge on any atom is 0.309 e. The lowest BCUT2D eigenvalue weighted by molar-refractivity contribution is -0.151. The van der Waals surface area contributed by atoms with Gasteiger partial charge in [0.05, 0.1) is 5.41 Å².